The number of fused-ring (bicyclic) bond motifs is 2. The molecule has 0 unspecified atom stereocenters. The van der Waals surface area contributed by atoms with Gasteiger partial charge in [0.2, 0.25) is 5.91 Å². The van der Waals surface area contributed by atoms with Gasteiger partial charge >= 0.3 is 0 Å². The van der Waals surface area contributed by atoms with Crippen LogP contribution in [0, 0.1) is 6.92 Å². The van der Waals surface area contributed by atoms with Crippen molar-refractivity contribution in [1.82, 2.24) is 9.55 Å². The zero-order chi connectivity index (χ0) is 19.8. The maximum atomic E-state index is 13.1. The van der Waals surface area contributed by atoms with Crippen LogP contribution in [0.5, 0.6) is 0 Å². The van der Waals surface area contributed by atoms with Crippen LogP contribution in [-0.2, 0) is 17.8 Å². The molecule has 1 aromatic heterocycles. The average molecular weight is 375 g/mol. The summed E-state index contributed by atoms with van der Waals surface area (Å²) in [4.78, 5) is 32.3. The predicted octanol–water partition coefficient (Wildman–Crippen LogP) is 3.81. The summed E-state index contributed by atoms with van der Waals surface area (Å²) in [7, 11) is 0. The molecule has 0 radical (unpaired) electrons. The lowest BCUT2D eigenvalue weighted by Gasteiger charge is -2.30. The number of rotatable bonds is 3. The Hall–Kier alpha value is -2.95. The molecule has 0 spiro atoms. The van der Waals surface area contributed by atoms with Gasteiger partial charge in [-0.15, -0.1) is 0 Å². The summed E-state index contributed by atoms with van der Waals surface area (Å²) >= 11 is 0. The van der Waals surface area contributed by atoms with E-state index < -0.39 is 0 Å². The molecule has 0 aliphatic carbocycles. The van der Waals surface area contributed by atoms with Crippen molar-refractivity contribution in [3.63, 3.8) is 0 Å². The molecule has 1 aliphatic rings. The molecular formula is C23H25N3O2. The van der Waals surface area contributed by atoms with Gasteiger partial charge in [-0.05, 0) is 55.0 Å². The SMILES string of the molecule is Cc1nc2ccccc2c(=O)n1CC(=O)N1CCCc2cc(C(C)C)ccc21. The van der Waals surface area contributed by atoms with Crippen molar-refractivity contribution in [2.45, 2.75) is 46.1 Å². The van der Waals surface area contributed by atoms with E-state index in [0.29, 0.717) is 29.2 Å². The maximum Gasteiger partial charge on any atom is 0.261 e. The van der Waals surface area contributed by atoms with E-state index >= 15 is 0 Å². The van der Waals surface area contributed by atoms with Crippen molar-refractivity contribution >= 4 is 22.5 Å². The second kappa shape index (κ2) is 7.23. The Morgan fingerprint density at radius 3 is 2.75 bits per heavy atom. The molecule has 0 saturated heterocycles. The summed E-state index contributed by atoms with van der Waals surface area (Å²) in [5, 5.41) is 0.543. The van der Waals surface area contributed by atoms with Gasteiger partial charge in [0.15, 0.2) is 0 Å². The van der Waals surface area contributed by atoms with Gasteiger partial charge in [0.25, 0.3) is 5.56 Å². The summed E-state index contributed by atoms with van der Waals surface area (Å²) in [5.74, 6) is 0.950. The van der Waals surface area contributed by atoms with Crippen molar-refractivity contribution in [2.75, 3.05) is 11.4 Å². The third-order valence-corrected chi connectivity index (χ3v) is 5.54. The number of carbonyl (C=O) groups excluding carboxylic acids is 1. The highest BCUT2D eigenvalue weighted by Crippen LogP contribution is 2.30. The van der Waals surface area contributed by atoms with Crippen LogP contribution in [0.2, 0.25) is 0 Å². The van der Waals surface area contributed by atoms with Crippen molar-refractivity contribution in [3.8, 4) is 0 Å². The second-order valence-electron chi connectivity index (χ2n) is 7.76. The van der Waals surface area contributed by atoms with Crippen LogP contribution >= 0.6 is 0 Å². The fourth-order valence-corrected chi connectivity index (χ4v) is 3.92. The van der Waals surface area contributed by atoms with E-state index in [-0.39, 0.29) is 18.0 Å². The Kier molecular flexibility index (Phi) is 4.75. The van der Waals surface area contributed by atoms with Crippen LogP contribution in [0.1, 0.15) is 43.1 Å². The molecule has 5 nitrogen and oxygen atoms in total. The Balaban J connectivity index is 1.67. The fourth-order valence-electron chi connectivity index (χ4n) is 3.92. The lowest BCUT2D eigenvalue weighted by Crippen LogP contribution is -2.40. The molecule has 28 heavy (non-hydrogen) atoms. The molecule has 0 saturated carbocycles. The number of hydrogen-bond acceptors (Lipinski definition) is 3. The summed E-state index contributed by atoms with van der Waals surface area (Å²) in [6, 6.07) is 13.6. The molecular weight excluding hydrogens is 350 g/mol. The highest BCUT2D eigenvalue weighted by Gasteiger charge is 2.24. The van der Waals surface area contributed by atoms with Crippen molar-refractivity contribution < 1.29 is 4.79 Å². The van der Waals surface area contributed by atoms with Gasteiger partial charge in [-0.1, -0.05) is 38.1 Å². The van der Waals surface area contributed by atoms with E-state index in [1.165, 1.54) is 15.7 Å². The molecule has 4 rings (SSSR count). The number of para-hydroxylation sites is 1. The van der Waals surface area contributed by atoms with E-state index in [2.05, 4.69) is 37.0 Å². The Labute approximate surface area is 164 Å². The van der Waals surface area contributed by atoms with E-state index in [1.54, 1.807) is 13.0 Å². The Morgan fingerprint density at radius 2 is 1.96 bits per heavy atom. The monoisotopic (exact) mass is 375 g/mol. The zero-order valence-electron chi connectivity index (χ0n) is 16.6. The lowest BCUT2D eigenvalue weighted by atomic mass is 9.95. The minimum atomic E-state index is -0.163. The topological polar surface area (TPSA) is 55.2 Å². The van der Waals surface area contributed by atoms with Crippen molar-refractivity contribution in [3.05, 3.63) is 69.8 Å². The van der Waals surface area contributed by atoms with E-state index in [0.717, 1.165) is 18.5 Å². The van der Waals surface area contributed by atoms with Gasteiger partial charge in [-0.3, -0.25) is 14.2 Å². The molecule has 2 heterocycles. The molecule has 1 aliphatic heterocycles. The van der Waals surface area contributed by atoms with E-state index in [1.807, 2.05) is 23.1 Å². The van der Waals surface area contributed by atoms with Crippen molar-refractivity contribution in [2.24, 2.45) is 0 Å². The van der Waals surface area contributed by atoms with Gasteiger partial charge in [-0.25, -0.2) is 4.98 Å². The third-order valence-electron chi connectivity index (χ3n) is 5.54. The molecule has 0 fully saturated rings. The van der Waals surface area contributed by atoms with Crippen LogP contribution in [0.15, 0.2) is 47.3 Å². The molecule has 144 valence electrons. The fraction of sp³-hybridized carbons (Fsp3) is 0.348. The predicted molar refractivity (Wildman–Crippen MR) is 112 cm³/mol. The summed E-state index contributed by atoms with van der Waals surface area (Å²) in [5.41, 5.74) is 3.98. The lowest BCUT2D eigenvalue weighted by molar-refractivity contribution is -0.119. The molecule has 5 heteroatoms. The van der Waals surface area contributed by atoms with Crippen molar-refractivity contribution in [1.29, 1.82) is 0 Å². The average Bonchev–Trinajstić information content (AvgIpc) is 2.70. The summed E-state index contributed by atoms with van der Waals surface area (Å²) in [6.45, 7) is 6.82. The Morgan fingerprint density at radius 1 is 1.18 bits per heavy atom. The van der Waals surface area contributed by atoms with Gasteiger partial charge in [0.05, 0.1) is 10.9 Å². The number of aromatic nitrogens is 2. The van der Waals surface area contributed by atoms with Gasteiger partial charge < -0.3 is 4.90 Å². The van der Waals surface area contributed by atoms with Gasteiger partial charge in [0.1, 0.15) is 12.4 Å². The molecule has 2 aromatic carbocycles. The minimum Gasteiger partial charge on any atom is -0.311 e. The molecule has 1 amide bonds. The minimum absolute atomic E-state index is 0.00781. The summed E-state index contributed by atoms with van der Waals surface area (Å²) < 4.78 is 1.49. The number of nitrogens with zero attached hydrogens (tertiary/aromatic N) is 3. The summed E-state index contributed by atoms with van der Waals surface area (Å²) in [6.07, 6.45) is 1.92. The Bertz CT molecular complexity index is 1110. The molecule has 0 bridgehead atoms. The van der Waals surface area contributed by atoms with Crippen LogP contribution in [0.25, 0.3) is 10.9 Å². The quantitative estimate of drug-likeness (QED) is 0.699. The number of anilines is 1. The number of carbonyl (C=O) groups is 1. The third kappa shape index (κ3) is 3.21. The number of aryl methyl sites for hydroxylation is 2. The smallest absolute Gasteiger partial charge is 0.261 e. The van der Waals surface area contributed by atoms with Crippen LogP contribution in [0.4, 0.5) is 5.69 Å². The molecule has 3 aromatic rings. The van der Waals surface area contributed by atoms with E-state index in [4.69, 9.17) is 0 Å². The maximum absolute atomic E-state index is 13.1. The number of benzene rings is 2. The molecule has 0 atom stereocenters. The first-order valence-corrected chi connectivity index (χ1v) is 9.85. The number of amides is 1. The van der Waals surface area contributed by atoms with Gasteiger partial charge in [0, 0.05) is 12.2 Å². The first kappa shape index (κ1) is 18.4. The first-order chi connectivity index (χ1) is 13.5. The van der Waals surface area contributed by atoms with Gasteiger partial charge in [-0.2, -0.15) is 0 Å². The zero-order valence-corrected chi connectivity index (χ0v) is 16.6. The standard InChI is InChI=1S/C23H25N3O2/c1-15(2)17-10-11-21-18(13-17)7-6-12-25(21)22(27)14-26-16(3)24-20-9-5-4-8-19(20)23(26)28/h4-5,8-11,13,15H,6-7,12,14H2,1-3H3. The highest BCUT2D eigenvalue weighted by atomic mass is 16.2. The second-order valence-corrected chi connectivity index (χ2v) is 7.76. The van der Waals surface area contributed by atoms with E-state index in [9.17, 15) is 9.59 Å². The largest absolute Gasteiger partial charge is 0.311 e. The van der Waals surface area contributed by atoms with Crippen LogP contribution in [-0.4, -0.2) is 22.0 Å². The normalized spacial score (nSPS) is 13.8. The first-order valence-electron chi connectivity index (χ1n) is 9.85. The van der Waals surface area contributed by atoms with Crippen LogP contribution in [0.3, 0.4) is 0 Å². The van der Waals surface area contributed by atoms with Crippen LogP contribution < -0.4 is 10.5 Å². The number of hydrogen-bond donors (Lipinski definition) is 0. The molecule has 0 N–H and O–H groups in total. The highest BCUT2D eigenvalue weighted by molar-refractivity contribution is 5.94.